The Morgan fingerprint density at radius 3 is 2.12 bits per heavy atom. The van der Waals surface area contributed by atoms with Crippen LogP contribution in [0.4, 0.5) is 8.78 Å². The van der Waals surface area contributed by atoms with Crippen LogP contribution in [0.3, 0.4) is 0 Å². The van der Waals surface area contributed by atoms with Crippen LogP contribution in [0.15, 0.2) is 52.3 Å². The minimum Gasteiger partial charge on any atom is -0.326 e. The van der Waals surface area contributed by atoms with Crippen molar-refractivity contribution in [2.45, 2.75) is 16.3 Å². The maximum Gasteiger partial charge on any atom is 0.159 e. The molecule has 0 amide bonds. The Kier molecular flexibility index (Phi) is 3.76. The van der Waals surface area contributed by atoms with Crippen molar-refractivity contribution in [2.24, 2.45) is 5.73 Å². The van der Waals surface area contributed by atoms with Crippen LogP contribution in [-0.4, -0.2) is 0 Å². The normalized spacial score (nSPS) is 10.5. The molecule has 0 unspecified atom stereocenters. The van der Waals surface area contributed by atoms with E-state index < -0.39 is 11.6 Å². The Hall–Kier alpha value is -1.39. The molecule has 4 heteroatoms. The highest BCUT2D eigenvalue weighted by Crippen LogP contribution is 2.28. The second-order valence-corrected chi connectivity index (χ2v) is 4.67. The second kappa shape index (κ2) is 5.29. The average Bonchev–Trinajstić information content (AvgIpc) is 2.35. The van der Waals surface area contributed by atoms with Gasteiger partial charge in [-0.15, -0.1) is 0 Å². The number of halogens is 2. The summed E-state index contributed by atoms with van der Waals surface area (Å²) < 4.78 is 25.7. The maximum atomic E-state index is 13.0. The summed E-state index contributed by atoms with van der Waals surface area (Å²) in [5.41, 5.74) is 6.53. The third kappa shape index (κ3) is 3.05. The first-order valence-electron chi connectivity index (χ1n) is 5.11. The van der Waals surface area contributed by atoms with Gasteiger partial charge >= 0.3 is 0 Å². The van der Waals surface area contributed by atoms with Gasteiger partial charge in [-0.1, -0.05) is 23.9 Å². The molecule has 0 saturated carbocycles. The molecule has 0 heterocycles. The summed E-state index contributed by atoms with van der Waals surface area (Å²) in [5.74, 6) is -1.65. The molecule has 0 atom stereocenters. The van der Waals surface area contributed by atoms with E-state index >= 15 is 0 Å². The topological polar surface area (TPSA) is 26.0 Å². The van der Waals surface area contributed by atoms with Crippen molar-refractivity contribution in [3.05, 3.63) is 59.7 Å². The molecule has 2 N–H and O–H groups in total. The van der Waals surface area contributed by atoms with Gasteiger partial charge in [0.15, 0.2) is 11.6 Å². The number of benzene rings is 2. The molecule has 88 valence electrons. The average molecular weight is 251 g/mol. The van der Waals surface area contributed by atoms with Gasteiger partial charge in [-0.3, -0.25) is 0 Å². The summed E-state index contributed by atoms with van der Waals surface area (Å²) in [6.45, 7) is 0.496. The van der Waals surface area contributed by atoms with E-state index in [1.54, 1.807) is 6.07 Å². The zero-order chi connectivity index (χ0) is 12.3. The Balaban J connectivity index is 2.16. The van der Waals surface area contributed by atoms with Crippen LogP contribution in [0.5, 0.6) is 0 Å². The lowest BCUT2D eigenvalue weighted by atomic mass is 10.2. The van der Waals surface area contributed by atoms with Crippen LogP contribution < -0.4 is 5.73 Å². The summed E-state index contributed by atoms with van der Waals surface area (Å²) in [5, 5.41) is 0. The van der Waals surface area contributed by atoms with Crippen molar-refractivity contribution in [2.75, 3.05) is 0 Å². The highest BCUT2D eigenvalue weighted by Gasteiger charge is 2.03. The molecule has 17 heavy (non-hydrogen) atoms. The molecular formula is C13H11F2NS. The lowest BCUT2D eigenvalue weighted by Crippen LogP contribution is -1.94. The van der Waals surface area contributed by atoms with Crippen LogP contribution in [-0.2, 0) is 6.54 Å². The minimum absolute atomic E-state index is 0.496. The highest BCUT2D eigenvalue weighted by atomic mass is 32.2. The molecule has 2 aromatic carbocycles. The first kappa shape index (κ1) is 12.1. The largest absolute Gasteiger partial charge is 0.326 e. The van der Waals surface area contributed by atoms with Gasteiger partial charge in [0.1, 0.15) is 0 Å². The van der Waals surface area contributed by atoms with Gasteiger partial charge in [-0.2, -0.15) is 0 Å². The van der Waals surface area contributed by atoms with Crippen LogP contribution >= 0.6 is 11.8 Å². The van der Waals surface area contributed by atoms with E-state index in [4.69, 9.17) is 5.73 Å². The Morgan fingerprint density at radius 1 is 0.882 bits per heavy atom. The fourth-order valence-electron chi connectivity index (χ4n) is 1.37. The van der Waals surface area contributed by atoms with Crippen LogP contribution in [0.25, 0.3) is 0 Å². The monoisotopic (exact) mass is 251 g/mol. The number of nitrogens with two attached hydrogens (primary N) is 1. The standard InChI is InChI=1S/C13H11F2NS/c14-12-6-5-11(7-13(12)15)17-10-3-1-9(8-16)2-4-10/h1-7H,8,16H2. The predicted molar refractivity (Wildman–Crippen MR) is 64.8 cm³/mol. The Morgan fingerprint density at radius 2 is 1.53 bits per heavy atom. The fourth-order valence-corrected chi connectivity index (χ4v) is 2.21. The molecule has 0 radical (unpaired) electrons. The molecule has 0 aliphatic carbocycles. The van der Waals surface area contributed by atoms with Crippen molar-refractivity contribution in [3.8, 4) is 0 Å². The van der Waals surface area contributed by atoms with E-state index in [9.17, 15) is 8.78 Å². The Labute approximate surface area is 103 Å². The zero-order valence-electron chi connectivity index (χ0n) is 8.99. The molecule has 0 bridgehead atoms. The maximum absolute atomic E-state index is 13.0. The molecular weight excluding hydrogens is 240 g/mol. The first-order chi connectivity index (χ1) is 8.19. The molecule has 0 saturated heterocycles. The molecule has 2 rings (SSSR count). The molecule has 2 aromatic rings. The molecule has 0 aromatic heterocycles. The smallest absolute Gasteiger partial charge is 0.159 e. The van der Waals surface area contributed by atoms with Crippen LogP contribution in [0.1, 0.15) is 5.56 Å². The summed E-state index contributed by atoms with van der Waals surface area (Å²) in [6.07, 6.45) is 0. The molecule has 0 fully saturated rings. The molecule has 0 aliphatic heterocycles. The highest BCUT2D eigenvalue weighted by molar-refractivity contribution is 7.99. The molecule has 0 aliphatic rings. The van der Waals surface area contributed by atoms with E-state index in [2.05, 4.69) is 0 Å². The van der Waals surface area contributed by atoms with Gasteiger partial charge in [0.2, 0.25) is 0 Å². The lowest BCUT2D eigenvalue weighted by molar-refractivity contribution is 0.506. The van der Waals surface area contributed by atoms with Crippen molar-refractivity contribution in [1.29, 1.82) is 0 Å². The summed E-state index contributed by atoms with van der Waals surface area (Å²) in [4.78, 5) is 1.64. The van der Waals surface area contributed by atoms with E-state index in [1.165, 1.54) is 17.8 Å². The number of hydrogen-bond acceptors (Lipinski definition) is 2. The van der Waals surface area contributed by atoms with Crippen molar-refractivity contribution < 1.29 is 8.78 Å². The van der Waals surface area contributed by atoms with E-state index in [0.717, 1.165) is 16.5 Å². The quantitative estimate of drug-likeness (QED) is 0.902. The zero-order valence-corrected chi connectivity index (χ0v) is 9.81. The van der Waals surface area contributed by atoms with Crippen molar-refractivity contribution >= 4 is 11.8 Å². The van der Waals surface area contributed by atoms with E-state index in [1.807, 2.05) is 24.3 Å². The van der Waals surface area contributed by atoms with Crippen molar-refractivity contribution in [3.63, 3.8) is 0 Å². The number of hydrogen-bond donors (Lipinski definition) is 1. The SMILES string of the molecule is NCc1ccc(Sc2ccc(F)c(F)c2)cc1. The van der Waals surface area contributed by atoms with Crippen LogP contribution in [0.2, 0.25) is 0 Å². The fraction of sp³-hybridized carbons (Fsp3) is 0.0769. The van der Waals surface area contributed by atoms with Crippen LogP contribution in [0, 0.1) is 11.6 Å². The first-order valence-corrected chi connectivity index (χ1v) is 5.92. The van der Waals surface area contributed by atoms with Gasteiger partial charge in [0.25, 0.3) is 0 Å². The van der Waals surface area contributed by atoms with Gasteiger partial charge in [0.05, 0.1) is 0 Å². The third-order valence-corrected chi connectivity index (χ3v) is 3.28. The summed E-state index contributed by atoms with van der Waals surface area (Å²) in [7, 11) is 0. The summed E-state index contributed by atoms with van der Waals surface area (Å²) >= 11 is 1.38. The van der Waals surface area contributed by atoms with Gasteiger partial charge < -0.3 is 5.73 Å². The third-order valence-electron chi connectivity index (χ3n) is 2.29. The van der Waals surface area contributed by atoms with Crippen molar-refractivity contribution in [1.82, 2.24) is 0 Å². The van der Waals surface area contributed by atoms with Gasteiger partial charge in [-0.25, -0.2) is 8.78 Å². The number of rotatable bonds is 3. The molecule has 1 nitrogen and oxygen atoms in total. The lowest BCUT2D eigenvalue weighted by Gasteiger charge is -2.03. The van der Waals surface area contributed by atoms with E-state index in [0.29, 0.717) is 11.4 Å². The van der Waals surface area contributed by atoms with Gasteiger partial charge in [0, 0.05) is 16.3 Å². The second-order valence-electron chi connectivity index (χ2n) is 3.53. The molecule has 0 spiro atoms. The van der Waals surface area contributed by atoms with Gasteiger partial charge in [-0.05, 0) is 35.9 Å². The van der Waals surface area contributed by atoms with E-state index in [-0.39, 0.29) is 0 Å². The Bertz CT molecular complexity index is 511. The minimum atomic E-state index is -0.826. The summed E-state index contributed by atoms with van der Waals surface area (Å²) in [6, 6.07) is 11.5. The predicted octanol–water partition coefficient (Wildman–Crippen LogP) is 3.57.